The highest BCUT2D eigenvalue weighted by atomic mass is 35.5. The molecule has 0 saturated carbocycles. The van der Waals surface area contributed by atoms with E-state index in [9.17, 15) is 18.3 Å². The van der Waals surface area contributed by atoms with E-state index >= 15 is 0 Å². The molecule has 0 fully saturated rings. The average Bonchev–Trinajstić information content (AvgIpc) is 2.48. The zero-order chi connectivity index (χ0) is 18.3. The van der Waals surface area contributed by atoms with Gasteiger partial charge in [0, 0.05) is 0 Å². The third-order valence-electron chi connectivity index (χ3n) is 3.38. The molecule has 1 unspecified atom stereocenters. The number of nitrogens with one attached hydrogen (secondary N) is 1. The van der Waals surface area contributed by atoms with Gasteiger partial charge >= 0.3 is 5.97 Å². The summed E-state index contributed by atoms with van der Waals surface area (Å²) in [5.41, 5.74) is 0. The predicted octanol–water partition coefficient (Wildman–Crippen LogP) is 3.08. The normalized spacial score (nSPS) is 13.0. The Morgan fingerprint density at radius 1 is 1.33 bits per heavy atom. The number of carbonyl (C=O) groups is 1. The fourth-order valence-electron chi connectivity index (χ4n) is 2.16. The molecule has 0 saturated heterocycles. The monoisotopic (exact) mass is 377 g/mol. The number of hydrogen-bond acceptors (Lipinski definition) is 5. The molecule has 24 heavy (non-hydrogen) atoms. The second-order valence-corrected chi connectivity index (χ2v) is 7.93. The molecule has 1 aromatic rings. The summed E-state index contributed by atoms with van der Waals surface area (Å²) < 4.78 is 32.2. The first-order valence-corrected chi connectivity index (χ1v) is 9.71. The summed E-state index contributed by atoms with van der Waals surface area (Å²) in [5.74, 6) is -0.732. The van der Waals surface area contributed by atoms with Crippen LogP contribution in [0.2, 0.25) is 5.02 Å². The summed E-state index contributed by atoms with van der Waals surface area (Å²) in [4.78, 5) is 11.7. The van der Waals surface area contributed by atoms with Crippen molar-refractivity contribution in [2.45, 2.75) is 51.0 Å². The SMILES string of the molecule is CCOC(=O)C(CCCC(C)C)NS(=O)(=O)c1cccc(Cl)c1O. The maximum Gasteiger partial charge on any atom is 0.324 e. The molecule has 136 valence electrons. The average molecular weight is 378 g/mol. The zero-order valence-corrected chi connectivity index (χ0v) is 15.7. The molecular weight excluding hydrogens is 354 g/mol. The number of phenolic OH excluding ortho intramolecular Hbond substituents is 1. The van der Waals surface area contributed by atoms with Crippen molar-refractivity contribution in [2.24, 2.45) is 5.92 Å². The van der Waals surface area contributed by atoms with Crippen LogP contribution in [-0.2, 0) is 19.6 Å². The Labute approximate surface area is 148 Å². The van der Waals surface area contributed by atoms with Crippen LogP contribution in [-0.4, -0.2) is 32.1 Å². The minimum Gasteiger partial charge on any atom is -0.505 e. The lowest BCUT2D eigenvalue weighted by Gasteiger charge is -2.18. The van der Waals surface area contributed by atoms with Crippen LogP contribution in [0.25, 0.3) is 0 Å². The minimum atomic E-state index is -4.11. The molecule has 0 aliphatic heterocycles. The molecule has 6 nitrogen and oxygen atoms in total. The molecule has 1 atom stereocenters. The summed E-state index contributed by atoms with van der Waals surface area (Å²) >= 11 is 5.75. The van der Waals surface area contributed by atoms with Crippen molar-refractivity contribution in [3.05, 3.63) is 23.2 Å². The first kappa shape index (κ1) is 20.7. The van der Waals surface area contributed by atoms with Crippen molar-refractivity contribution < 1.29 is 23.1 Å². The highest BCUT2D eigenvalue weighted by molar-refractivity contribution is 7.89. The highest BCUT2D eigenvalue weighted by Crippen LogP contribution is 2.30. The summed E-state index contributed by atoms with van der Waals surface area (Å²) in [6.07, 6.45) is 1.85. The molecule has 0 aliphatic rings. The molecule has 0 bridgehead atoms. The van der Waals surface area contributed by atoms with Crippen molar-refractivity contribution >= 4 is 27.6 Å². The molecule has 0 aliphatic carbocycles. The first-order valence-electron chi connectivity index (χ1n) is 7.85. The van der Waals surface area contributed by atoms with Crippen LogP contribution in [0.4, 0.5) is 0 Å². The lowest BCUT2D eigenvalue weighted by Crippen LogP contribution is -2.41. The van der Waals surface area contributed by atoms with Gasteiger partial charge in [0.25, 0.3) is 0 Å². The van der Waals surface area contributed by atoms with Crippen LogP contribution in [0.1, 0.15) is 40.0 Å². The minimum absolute atomic E-state index is 0.0784. The summed E-state index contributed by atoms with van der Waals surface area (Å²) in [6, 6.07) is 3.00. The molecule has 0 radical (unpaired) electrons. The summed E-state index contributed by atoms with van der Waals surface area (Å²) in [7, 11) is -4.11. The Hall–Kier alpha value is -1.31. The number of esters is 1. The molecular formula is C16H24ClNO5S. The van der Waals surface area contributed by atoms with Crippen molar-refractivity contribution in [1.29, 1.82) is 0 Å². The number of halogens is 1. The predicted molar refractivity (Wildman–Crippen MR) is 92.5 cm³/mol. The van der Waals surface area contributed by atoms with Gasteiger partial charge in [-0.15, -0.1) is 0 Å². The van der Waals surface area contributed by atoms with E-state index in [1.807, 2.05) is 13.8 Å². The molecule has 0 heterocycles. The smallest absolute Gasteiger partial charge is 0.324 e. The van der Waals surface area contributed by atoms with Crippen LogP contribution >= 0.6 is 11.6 Å². The van der Waals surface area contributed by atoms with Gasteiger partial charge in [-0.25, -0.2) is 8.42 Å². The summed E-state index contributed by atoms with van der Waals surface area (Å²) in [6.45, 7) is 5.91. The molecule has 8 heteroatoms. The third kappa shape index (κ3) is 5.96. The van der Waals surface area contributed by atoms with Crippen molar-refractivity contribution in [3.63, 3.8) is 0 Å². The van der Waals surface area contributed by atoms with Crippen LogP contribution in [0, 0.1) is 5.92 Å². The third-order valence-corrected chi connectivity index (χ3v) is 5.19. The maximum absolute atomic E-state index is 12.5. The molecule has 2 N–H and O–H groups in total. The van der Waals surface area contributed by atoms with Gasteiger partial charge in [0.15, 0.2) is 5.75 Å². The largest absolute Gasteiger partial charge is 0.505 e. The first-order chi connectivity index (χ1) is 11.2. The number of hydrogen-bond donors (Lipinski definition) is 2. The second-order valence-electron chi connectivity index (χ2n) is 5.84. The number of benzene rings is 1. The summed E-state index contributed by atoms with van der Waals surface area (Å²) in [5, 5.41) is 9.79. The quantitative estimate of drug-likeness (QED) is 0.645. The fourth-order valence-corrected chi connectivity index (χ4v) is 3.73. The van der Waals surface area contributed by atoms with E-state index in [0.717, 1.165) is 6.42 Å². The standard InChI is InChI=1S/C16H24ClNO5S/c1-4-23-16(20)13(9-5-7-11(2)3)18-24(21,22)14-10-6-8-12(17)15(14)19/h6,8,10-11,13,18-19H,4-5,7,9H2,1-3H3. The Balaban J connectivity index is 2.98. The van der Waals surface area contributed by atoms with E-state index in [0.29, 0.717) is 18.8 Å². The number of phenols is 1. The van der Waals surface area contributed by atoms with Crippen LogP contribution in [0.15, 0.2) is 23.1 Å². The van der Waals surface area contributed by atoms with Gasteiger partial charge in [0.1, 0.15) is 10.9 Å². The van der Waals surface area contributed by atoms with Crippen molar-refractivity contribution in [1.82, 2.24) is 4.72 Å². The van der Waals surface area contributed by atoms with Crippen LogP contribution < -0.4 is 4.72 Å². The zero-order valence-electron chi connectivity index (χ0n) is 14.1. The number of rotatable bonds is 9. The van der Waals surface area contributed by atoms with Gasteiger partial charge in [-0.05, 0) is 31.4 Å². The van der Waals surface area contributed by atoms with E-state index in [1.165, 1.54) is 18.2 Å². The van der Waals surface area contributed by atoms with Crippen LogP contribution in [0.3, 0.4) is 0 Å². The van der Waals surface area contributed by atoms with Gasteiger partial charge in [0.2, 0.25) is 10.0 Å². The highest BCUT2D eigenvalue weighted by Gasteiger charge is 2.28. The van der Waals surface area contributed by atoms with Gasteiger partial charge in [-0.2, -0.15) is 4.72 Å². The van der Waals surface area contributed by atoms with Gasteiger partial charge in [-0.3, -0.25) is 4.79 Å². The topological polar surface area (TPSA) is 92.7 Å². The fraction of sp³-hybridized carbons (Fsp3) is 0.562. The molecule has 0 amide bonds. The van der Waals surface area contributed by atoms with Gasteiger partial charge in [0.05, 0.1) is 11.6 Å². The van der Waals surface area contributed by atoms with E-state index < -0.39 is 27.8 Å². The Morgan fingerprint density at radius 2 is 2.00 bits per heavy atom. The van der Waals surface area contributed by atoms with Crippen molar-refractivity contribution in [2.75, 3.05) is 6.61 Å². The van der Waals surface area contributed by atoms with Gasteiger partial charge < -0.3 is 9.84 Å². The lowest BCUT2D eigenvalue weighted by atomic mass is 10.0. The number of aromatic hydroxyl groups is 1. The number of carbonyl (C=O) groups excluding carboxylic acids is 1. The lowest BCUT2D eigenvalue weighted by molar-refractivity contribution is -0.145. The number of ether oxygens (including phenoxy) is 1. The molecule has 0 spiro atoms. The number of para-hydroxylation sites is 1. The Bertz CT molecular complexity index is 660. The number of sulfonamides is 1. The van der Waals surface area contributed by atoms with Crippen molar-refractivity contribution in [3.8, 4) is 5.75 Å². The van der Waals surface area contributed by atoms with E-state index in [-0.39, 0.29) is 16.5 Å². The van der Waals surface area contributed by atoms with E-state index in [1.54, 1.807) is 6.92 Å². The Morgan fingerprint density at radius 3 is 2.58 bits per heavy atom. The molecule has 0 aromatic heterocycles. The Kier molecular flexibility index (Phi) is 7.99. The molecule has 1 rings (SSSR count). The van der Waals surface area contributed by atoms with Crippen LogP contribution in [0.5, 0.6) is 5.75 Å². The van der Waals surface area contributed by atoms with E-state index in [2.05, 4.69) is 4.72 Å². The maximum atomic E-state index is 12.5. The van der Waals surface area contributed by atoms with Gasteiger partial charge in [-0.1, -0.05) is 44.4 Å². The van der Waals surface area contributed by atoms with E-state index in [4.69, 9.17) is 16.3 Å². The second kappa shape index (κ2) is 9.25. The molecule has 1 aromatic carbocycles.